The Morgan fingerprint density at radius 3 is 2.38 bits per heavy atom. The molecule has 126 valence electrons. The molecule has 0 bridgehead atoms. The Kier molecular flexibility index (Phi) is 6.34. The van der Waals surface area contributed by atoms with E-state index in [1.165, 1.54) is 5.56 Å². The van der Waals surface area contributed by atoms with E-state index < -0.39 is 0 Å². The van der Waals surface area contributed by atoms with Gasteiger partial charge in [0.1, 0.15) is 0 Å². The smallest absolute Gasteiger partial charge is 0.243 e. The van der Waals surface area contributed by atoms with Crippen LogP contribution in [-0.2, 0) is 4.79 Å². The molecule has 0 aliphatic heterocycles. The van der Waals surface area contributed by atoms with E-state index in [-0.39, 0.29) is 12.5 Å². The van der Waals surface area contributed by atoms with Gasteiger partial charge in [0.25, 0.3) is 0 Å². The molecule has 0 fully saturated rings. The standard InChI is InChI=1S/C18H20BrN3OS/c1-11-7-12(2)17(13(3)8-11)22-16(23)10-20-18(24)21-15-6-4-5-14(19)9-15/h4-9H,10H2,1-3H3,(H,22,23)(H2,20,21,24). The molecular formula is C18H20BrN3OS. The molecule has 0 saturated heterocycles. The summed E-state index contributed by atoms with van der Waals surface area (Å²) < 4.78 is 0.957. The second kappa shape index (κ2) is 8.26. The number of aryl methyl sites for hydroxylation is 3. The molecule has 0 spiro atoms. The summed E-state index contributed by atoms with van der Waals surface area (Å²) >= 11 is 8.62. The van der Waals surface area contributed by atoms with Gasteiger partial charge in [-0.1, -0.05) is 39.7 Å². The number of halogens is 1. The van der Waals surface area contributed by atoms with Gasteiger partial charge in [-0.3, -0.25) is 4.79 Å². The molecule has 2 aromatic rings. The zero-order valence-electron chi connectivity index (χ0n) is 13.9. The third kappa shape index (κ3) is 5.32. The first-order chi connectivity index (χ1) is 11.3. The molecule has 0 aliphatic carbocycles. The molecular weight excluding hydrogens is 386 g/mol. The number of hydrogen-bond acceptors (Lipinski definition) is 2. The Hall–Kier alpha value is -1.92. The Morgan fingerprint density at radius 2 is 1.75 bits per heavy atom. The average molecular weight is 406 g/mol. The van der Waals surface area contributed by atoms with Gasteiger partial charge < -0.3 is 16.0 Å². The van der Waals surface area contributed by atoms with Gasteiger partial charge >= 0.3 is 0 Å². The SMILES string of the molecule is Cc1cc(C)c(NC(=O)CNC(=S)Nc2cccc(Br)c2)c(C)c1. The zero-order valence-corrected chi connectivity index (χ0v) is 16.3. The lowest BCUT2D eigenvalue weighted by atomic mass is 10.1. The number of amides is 1. The van der Waals surface area contributed by atoms with Gasteiger partial charge in [0, 0.05) is 15.8 Å². The maximum absolute atomic E-state index is 12.1. The van der Waals surface area contributed by atoms with Crippen LogP contribution >= 0.6 is 28.1 Å². The van der Waals surface area contributed by atoms with Crippen molar-refractivity contribution in [2.24, 2.45) is 0 Å². The zero-order chi connectivity index (χ0) is 17.7. The number of nitrogens with one attached hydrogen (secondary N) is 3. The summed E-state index contributed by atoms with van der Waals surface area (Å²) in [7, 11) is 0. The highest BCUT2D eigenvalue weighted by molar-refractivity contribution is 9.10. The molecule has 0 aliphatic rings. The lowest BCUT2D eigenvalue weighted by molar-refractivity contribution is -0.115. The van der Waals surface area contributed by atoms with Gasteiger partial charge in [-0.05, 0) is 62.3 Å². The molecule has 6 heteroatoms. The van der Waals surface area contributed by atoms with Crippen molar-refractivity contribution < 1.29 is 4.79 Å². The van der Waals surface area contributed by atoms with E-state index in [0.717, 1.165) is 27.0 Å². The van der Waals surface area contributed by atoms with Crippen LogP contribution in [-0.4, -0.2) is 17.6 Å². The van der Waals surface area contributed by atoms with E-state index in [1.54, 1.807) is 0 Å². The van der Waals surface area contributed by atoms with Crippen LogP contribution < -0.4 is 16.0 Å². The minimum Gasteiger partial charge on any atom is -0.353 e. The largest absolute Gasteiger partial charge is 0.353 e. The van der Waals surface area contributed by atoms with Crippen molar-refractivity contribution in [1.82, 2.24) is 5.32 Å². The Bertz CT molecular complexity index is 754. The highest BCUT2D eigenvalue weighted by atomic mass is 79.9. The predicted molar refractivity (Wildman–Crippen MR) is 108 cm³/mol. The monoisotopic (exact) mass is 405 g/mol. The van der Waals surface area contributed by atoms with Crippen molar-refractivity contribution in [3.63, 3.8) is 0 Å². The molecule has 1 amide bonds. The van der Waals surface area contributed by atoms with Gasteiger partial charge in [0.15, 0.2) is 5.11 Å². The van der Waals surface area contributed by atoms with Gasteiger partial charge in [0.05, 0.1) is 6.54 Å². The number of rotatable bonds is 4. The summed E-state index contributed by atoms with van der Waals surface area (Å²) in [4.78, 5) is 12.1. The van der Waals surface area contributed by atoms with E-state index in [2.05, 4.69) is 44.0 Å². The van der Waals surface area contributed by atoms with Crippen LogP contribution in [0, 0.1) is 20.8 Å². The quantitative estimate of drug-likeness (QED) is 0.663. The summed E-state index contributed by atoms with van der Waals surface area (Å²) in [6.07, 6.45) is 0. The van der Waals surface area contributed by atoms with Crippen molar-refractivity contribution in [2.75, 3.05) is 17.2 Å². The summed E-state index contributed by atoms with van der Waals surface area (Å²) in [6, 6.07) is 11.8. The van der Waals surface area contributed by atoms with Crippen LogP contribution in [0.3, 0.4) is 0 Å². The van der Waals surface area contributed by atoms with Gasteiger partial charge in [-0.2, -0.15) is 0 Å². The molecule has 3 N–H and O–H groups in total. The van der Waals surface area contributed by atoms with E-state index in [0.29, 0.717) is 5.11 Å². The fraction of sp³-hybridized carbons (Fsp3) is 0.222. The highest BCUT2D eigenvalue weighted by Crippen LogP contribution is 2.21. The van der Waals surface area contributed by atoms with Gasteiger partial charge in [-0.25, -0.2) is 0 Å². The van der Waals surface area contributed by atoms with Crippen LogP contribution in [0.15, 0.2) is 40.9 Å². The van der Waals surface area contributed by atoms with Crippen molar-refractivity contribution in [3.05, 3.63) is 57.6 Å². The van der Waals surface area contributed by atoms with Crippen molar-refractivity contribution in [3.8, 4) is 0 Å². The second-order valence-corrected chi connectivity index (χ2v) is 6.96. The first-order valence-electron chi connectivity index (χ1n) is 7.53. The number of anilines is 2. The van der Waals surface area contributed by atoms with Crippen LogP contribution in [0.2, 0.25) is 0 Å². The third-order valence-corrected chi connectivity index (χ3v) is 4.17. The Morgan fingerprint density at radius 1 is 1.08 bits per heavy atom. The Balaban J connectivity index is 1.88. The lowest BCUT2D eigenvalue weighted by Gasteiger charge is -2.14. The molecule has 4 nitrogen and oxygen atoms in total. The number of hydrogen-bond donors (Lipinski definition) is 3. The fourth-order valence-electron chi connectivity index (χ4n) is 2.46. The second-order valence-electron chi connectivity index (χ2n) is 5.64. The van der Waals surface area contributed by atoms with Crippen LogP contribution in [0.4, 0.5) is 11.4 Å². The third-order valence-electron chi connectivity index (χ3n) is 3.43. The average Bonchev–Trinajstić information content (AvgIpc) is 2.49. The Labute approximate surface area is 156 Å². The number of carbonyl (C=O) groups is 1. The van der Waals surface area contributed by atoms with Crippen LogP contribution in [0.25, 0.3) is 0 Å². The van der Waals surface area contributed by atoms with Gasteiger partial charge in [0.2, 0.25) is 5.91 Å². The normalized spacial score (nSPS) is 10.2. The van der Waals surface area contributed by atoms with Crippen molar-refractivity contribution in [2.45, 2.75) is 20.8 Å². The molecule has 0 unspecified atom stereocenters. The van der Waals surface area contributed by atoms with Crippen LogP contribution in [0.5, 0.6) is 0 Å². The summed E-state index contributed by atoms with van der Waals surface area (Å²) in [5.74, 6) is -0.136. The highest BCUT2D eigenvalue weighted by Gasteiger charge is 2.09. The molecule has 0 heterocycles. The summed E-state index contributed by atoms with van der Waals surface area (Å²) in [5.41, 5.74) is 5.00. The predicted octanol–water partition coefficient (Wildman–Crippen LogP) is 4.30. The first-order valence-corrected chi connectivity index (χ1v) is 8.73. The summed E-state index contributed by atoms with van der Waals surface area (Å²) in [5, 5.41) is 9.30. The molecule has 24 heavy (non-hydrogen) atoms. The van der Waals surface area contributed by atoms with Crippen molar-refractivity contribution >= 4 is 50.5 Å². The van der Waals surface area contributed by atoms with E-state index in [9.17, 15) is 4.79 Å². The van der Waals surface area contributed by atoms with E-state index in [4.69, 9.17) is 12.2 Å². The molecule has 0 radical (unpaired) electrons. The lowest BCUT2D eigenvalue weighted by Crippen LogP contribution is -2.35. The van der Waals surface area contributed by atoms with Gasteiger partial charge in [-0.15, -0.1) is 0 Å². The molecule has 0 saturated carbocycles. The number of carbonyl (C=O) groups excluding carboxylic acids is 1. The molecule has 0 aromatic heterocycles. The topological polar surface area (TPSA) is 53.2 Å². The fourth-order valence-corrected chi connectivity index (χ4v) is 3.05. The summed E-state index contributed by atoms with van der Waals surface area (Å²) in [6.45, 7) is 6.12. The number of thiocarbonyl (C=S) groups is 1. The maximum Gasteiger partial charge on any atom is 0.243 e. The molecule has 2 aromatic carbocycles. The maximum atomic E-state index is 12.1. The minimum atomic E-state index is -0.136. The van der Waals surface area contributed by atoms with E-state index >= 15 is 0 Å². The van der Waals surface area contributed by atoms with E-state index in [1.807, 2.05) is 45.0 Å². The minimum absolute atomic E-state index is 0.104. The first kappa shape index (κ1) is 18.4. The number of benzene rings is 2. The van der Waals surface area contributed by atoms with Crippen molar-refractivity contribution in [1.29, 1.82) is 0 Å². The van der Waals surface area contributed by atoms with Crippen LogP contribution in [0.1, 0.15) is 16.7 Å². The molecule has 0 atom stereocenters. The molecule has 2 rings (SSSR count).